The minimum Gasteiger partial charge on any atom is -0.469 e. The summed E-state index contributed by atoms with van der Waals surface area (Å²) in [5.74, 6) is 1.77. The lowest BCUT2D eigenvalue weighted by atomic mass is 10.1. The van der Waals surface area contributed by atoms with Gasteiger partial charge in [-0.3, -0.25) is 4.79 Å². The van der Waals surface area contributed by atoms with E-state index in [1.807, 2.05) is 61.9 Å². The van der Waals surface area contributed by atoms with Gasteiger partial charge < -0.3 is 14.3 Å². The summed E-state index contributed by atoms with van der Waals surface area (Å²) in [5.41, 5.74) is 1.99. The van der Waals surface area contributed by atoms with Crippen LogP contribution in [0, 0.1) is 6.92 Å². The Morgan fingerprint density at radius 1 is 1.28 bits per heavy atom. The Morgan fingerprint density at radius 2 is 2.04 bits per heavy atom. The molecule has 0 saturated heterocycles. The number of aryl methyl sites for hydroxylation is 1. The van der Waals surface area contributed by atoms with Crippen molar-refractivity contribution in [3.63, 3.8) is 0 Å². The van der Waals surface area contributed by atoms with E-state index in [0.717, 1.165) is 22.7 Å². The zero-order valence-corrected chi connectivity index (χ0v) is 15.2. The van der Waals surface area contributed by atoms with E-state index in [1.54, 1.807) is 6.26 Å². The second-order valence-electron chi connectivity index (χ2n) is 5.74. The van der Waals surface area contributed by atoms with Crippen LogP contribution in [-0.2, 0) is 11.8 Å². The first-order valence-electron chi connectivity index (χ1n) is 7.97. The zero-order valence-electron chi connectivity index (χ0n) is 14.4. The predicted octanol–water partition coefficient (Wildman–Crippen LogP) is 3.35. The lowest BCUT2D eigenvalue weighted by molar-refractivity contribution is -0.119. The summed E-state index contributed by atoms with van der Waals surface area (Å²) in [5, 5.41) is 12.1. The van der Waals surface area contributed by atoms with Crippen molar-refractivity contribution in [2.45, 2.75) is 25.0 Å². The van der Waals surface area contributed by atoms with Crippen molar-refractivity contribution in [2.75, 3.05) is 5.75 Å². The topological polar surface area (TPSA) is 72.9 Å². The Labute approximate surface area is 150 Å². The maximum atomic E-state index is 12.2. The summed E-state index contributed by atoms with van der Waals surface area (Å²) in [4.78, 5) is 12.2. The lowest BCUT2D eigenvalue weighted by Crippen LogP contribution is -2.28. The molecular weight excluding hydrogens is 336 g/mol. The second kappa shape index (κ2) is 7.57. The number of carbonyl (C=O) groups excluding carboxylic acids is 1. The molecule has 0 aliphatic rings. The molecule has 0 aliphatic heterocycles. The van der Waals surface area contributed by atoms with Gasteiger partial charge in [-0.15, -0.1) is 10.2 Å². The largest absolute Gasteiger partial charge is 0.469 e. The first-order chi connectivity index (χ1) is 12.1. The van der Waals surface area contributed by atoms with E-state index in [-0.39, 0.29) is 17.7 Å². The molecule has 3 aromatic rings. The van der Waals surface area contributed by atoms with Gasteiger partial charge in [0.15, 0.2) is 11.0 Å². The quantitative estimate of drug-likeness (QED) is 0.686. The minimum absolute atomic E-state index is 0.0297. The average Bonchev–Trinajstić information content (AvgIpc) is 3.19. The summed E-state index contributed by atoms with van der Waals surface area (Å²) in [6.07, 6.45) is 1.63. The predicted molar refractivity (Wildman–Crippen MR) is 97.2 cm³/mol. The highest BCUT2D eigenvalue weighted by Gasteiger charge is 2.16. The highest BCUT2D eigenvalue weighted by Crippen LogP contribution is 2.25. The maximum Gasteiger partial charge on any atom is 0.230 e. The molecule has 0 fully saturated rings. The van der Waals surface area contributed by atoms with Gasteiger partial charge in [0.25, 0.3) is 0 Å². The van der Waals surface area contributed by atoms with Crippen LogP contribution in [0.1, 0.15) is 24.3 Å². The normalized spacial score (nSPS) is 12.1. The van der Waals surface area contributed by atoms with Gasteiger partial charge in [0.1, 0.15) is 5.76 Å². The number of furan rings is 1. The molecule has 6 nitrogen and oxygen atoms in total. The van der Waals surface area contributed by atoms with Gasteiger partial charge in [0, 0.05) is 7.05 Å². The van der Waals surface area contributed by atoms with Crippen LogP contribution in [0.15, 0.2) is 52.2 Å². The van der Waals surface area contributed by atoms with E-state index in [2.05, 4.69) is 15.5 Å². The van der Waals surface area contributed by atoms with Crippen molar-refractivity contribution >= 4 is 17.7 Å². The van der Waals surface area contributed by atoms with Gasteiger partial charge in [0.05, 0.1) is 23.6 Å². The summed E-state index contributed by atoms with van der Waals surface area (Å²) in [6, 6.07) is 11.7. The van der Waals surface area contributed by atoms with Crippen LogP contribution in [0.3, 0.4) is 0 Å². The molecular formula is C18H20N4O2S. The first-order valence-corrected chi connectivity index (χ1v) is 8.95. The highest BCUT2D eigenvalue weighted by atomic mass is 32.2. The van der Waals surface area contributed by atoms with Crippen LogP contribution in [0.25, 0.3) is 11.4 Å². The van der Waals surface area contributed by atoms with Crippen molar-refractivity contribution in [3.05, 3.63) is 54.0 Å². The summed E-state index contributed by atoms with van der Waals surface area (Å²) < 4.78 is 7.19. The van der Waals surface area contributed by atoms with E-state index < -0.39 is 0 Å². The molecule has 1 aromatic carbocycles. The standard InChI is InChI=1S/C18H20N4O2S/c1-12(14-7-5-4-6-8-14)19-16(23)11-25-18-21-20-17(22(18)3)15-9-10-24-13(15)2/h4-10,12H,11H2,1-3H3,(H,19,23)/t12-/m1/s1. The van der Waals surface area contributed by atoms with Crippen LogP contribution >= 0.6 is 11.8 Å². The number of nitrogens with one attached hydrogen (secondary N) is 1. The minimum atomic E-state index is -0.0367. The third-order valence-electron chi connectivity index (χ3n) is 3.94. The molecule has 0 bridgehead atoms. The fourth-order valence-corrected chi connectivity index (χ4v) is 3.25. The number of amides is 1. The monoisotopic (exact) mass is 356 g/mol. The fraction of sp³-hybridized carbons (Fsp3) is 0.278. The summed E-state index contributed by atoms with van der Waals surface area (Å²) in [7, 11) is 1.88. The zero-order chi connectivity index (χ0) is 17.8. The van der Waals surface area contributed by atoms with Gasteiger partial charge >= 0.3 is 0 Å². The van der Waals surface area contributed by atoms with Crippen LogP contribution in [0.4, 0.5) is 0 Å². The Morgan fingerprint density at radius 3 is 2.72 bits per heavy atom. The number of carbonyl (C=O) groups is 1. The summed E-state index contributed by atoms with van der Waals surface area (Å²) >= 11 is 1.36. The number of thioether (sulfide) groups is 1. The molecule has 1 amide bonds. The van der Waals surface area contributed by atoms with Crippen molar-refractivity contribution in [3.8, 4) is 11.4 Å². The molecule has 0 radical (unpaired) electrons. The van der Waals surface area contributed by atoms with Gasteiger partial charge in [-0.1, -0.05) is 42.1 Å². The lowest BCUT2D eigenvalue weighted by Gasteiger charge is -2.13. The molecule has 3 rings (SSSR count). The molecule has 0 aliphatic carbocycles. The number of aromatic nitrogens is 3. The van der Waals surface area contributed by atoms with Gasteiger partial charge in [0.2, 0.25) is 5.91 Å². The molecule has 0 unspecified atom stereocenters. The molecule has 1 atom stereocenters. The third kappa shape index (κ3) is 3.93. The van der Waals surface area contributed by atoms with E-state index in [4.69, 9.17) is 4.42 Å². The Balaban J connectivity index is 1.60. The second-order valence-corrected chi connectivity index (χ2v) is 6.69. The first kappa shape index (κ1) is 17.3. The van der Waals surface area contributed by atoms with Crippen molar-refractivity contribution in [1.82, 2.24) is 20.1 Å². The highest BCUT2D eigenvalue weighted by molar-refractivity contribution is 7.99. The number of benzene rings is 1. The van der Waals surface area contributed by atoms with Crippen LogP contribution in [0.2, 0.25) is 0 Å². The Kier molecular flexibility index (Phi) is 5.23. The SMILES string of the molecule is Cc1occc1-c1nnc(SCC(=O)N[C@H](C)c2ccccc2)n1C. The van der Waals surface area contributed by atoms with Crippen LogP contribution < -0.4 is 5.32 Å². The van der Waals surface area contributed by atoms with E-state index in [9.17, 15) is 4.79 Å². The smallest absolute Gasteiger partial charge is 0.230 e. The molecule has 25 heavy (non-hydrogen) atoms. The van der Waals surface area contributed by atoms with Crippen LogP contribution in [-0.4, -0.2) is 26.4 Å². The van der Waals surface area contributed by atoms with Crippen molar-refractivity contribution in [1.29, 1.82) is 0 Å². The fourth-order valence-electron chi connectivity index (χ4n) is 2.53. The maximum absolute atomic E-state index is 12.2. The molecule has 0 saturated carbocycles. The Hall–Kier alpha value is -2.54. The number of rotatable bonds is 6. The average molecular weight is 356 g/mol. The van der Waals surface area contributed by atoms with Gasteiger partial charge in [-0.25, -0.2) is 0 Å². The third-order valence-corrected chi connectivity index (χ3v) is 4.96. The molecule has 0 spiro atoms. The number of nitrogens with zero attached hydrogens (tertiary/aromatic N) is 3. The molecule has 7 heteroatoms. The van der Waals surface area contributed by atoms with Crippen molar-refractivity contribution in [2.24, 2.45) is 7.05 Å². The number of hydrogen-bond donors (Lipinski definition) is 1. The molecule has 1 N–H and O–H groups in total. The molecule has 2 heterocycles. The van der Waals surface area contributed by atoms with Crippen molar-refractivity contribution < 1.29 is 9.21 Å². The van der Waals surface area contributed by atoms with E-state index in [1.165, 1.54) is 11.8 Å². The summed E-state index contributed by atoms with van der Waals surface area (Å²) in [6.45, 7) is 3.86. The Bertz CT molecular complexity index is 857. The van der Waals surface area contributed by atoms with Gasteiger partial charge in [-0.2, -0.15) is 0 Å². The van der Waals surface area contributed by atoms with E-state index >= 15 is 0 Å². The van der Waals surface area contributed by atoms with E-state index in [0.29, 0.717) is 5.16 Å². The number of hydrogen-bond acceptors (Lipinski definition) is 5. The van der Waals surface area contributed by atoms with Gasteiger partial charge in [-0.05, 0) is 25.5 Å². The molecule has 130 valence electrons. The van der Waals surface area contributed by atoms with Crippen LogP contribution in [0.5, 0.6) is 0 Å². The molecule has 2 aromatic heterocycles.